The molecular formula is C20H25N7O3. The zero-order valence-electron chi connectivity index (χ0n) is 16.8. The maximum atomic E-state index is 12.8. The number of amides is 3. The van der Waals surface area contributed by atoms with Gasteiger partial charge in [0.1, 0.15) is 6.04 Å². The van der Waals surface area contributed by atoms with Gasteiger partial charge in [-0.3, -0.25) is 24.6 Å². The van der Waals surface area contributed by atoms with E-state index >= 15 is 0 Å². The number of benzene rings is 1. The number of azide groups is 1. The van der Waals surface area contributed by atoms with Gasteiger partial charge in [0.2, 0.25) is 11.8 Å². The Morgan fingerprint density at radius 1 is 1.17 bits per heavy atom. The van der Waals surface area contributed by atoms with Gasteiger partial charge in [-0.1, -0.05) is 5.11 Å². The second kappa shape index (κ2) is 8.73. The number of hydrogen-bond acceptors (Lipinski definition) is 6. The lowest BCUT2D eigenvalue weighted by atomic mass is 10.0. The summed E-state index contributed by atoms with van der Waals surface area (Å²) in [6, 6.07) is 5.30. The highest BCUT2D eigenvalue weighted by Crippen LogP contribution is 2.30. The fraction of sp³-hybridized carbons (Fsp3) is 0.550. The normalized spacial score (nSPS) is 22.0. The van der Waals surface area contributed by atoms with Crippen molar-refractivity contribution in [3.63, 3.8) is 0 Å². The molecule has 3 aliphatic rings. The molecule has 0 bridgehead atoms. The summed E-state index contributed by atoms with van der Waals surface area (Å²) in [7, 11) is 0. The van der Waals surface area contributed by atoms with E-state index in [-0.39, 0.29) is 24.1 Å². The van der Waals surface area contributed by atoms with Gasteiger partial charge in [0.25, 0.3) is 5.91 Å². The molecule has 1 unspecified atom stereocenters. The molecule has 0 aliphatic carbocycles. The van der Waals surface area contributed by atoms with Crippen LogP contribution in [0.5, 0.6) is 0 Å². The SMILES string of the molecule is [N-]=[N+]=NCCCN1CCN(c2ccc3c(c2)CN(C2CCC(=O)NC2=O)C3=O)CC1. The van der Waals surface area contributed by atoms with Crippen molar-refractivity contribution in [2.75, 3.05) is 44.2 Å². The van der Waals surface area contributed by atoms with Crippen molar-refractivity contribution >= 4 is 23.4 Å². The minimum atomic E-state index is -0.583. The Bertz CT molecular complexity index is 904. The topological polar surface area (TPSA) is 122 Å². The molecule has 3 amide bonds. The lowest BCUT2D eigenvalue weighted by Crippen LogP contribution is -2.52. The Labute approximate surface area is 174 Å². The van der Waals surface area contributed by atoms with Crippen molar-refractivity contribution in [2.45, 2.75) is 31.8 Å². The first-order valence-corrected chi connectivity index (χ1v) is 10.3. The first-order valence-electron chi connectivity index (χ1n) is 10.3. The van der Waals surface area contributed by atoms with Crippen molar-refractivity contribution < 1.29 is 14.4 Å². The molecule has 1 aromatic carbocycles. The second-order valence-electron chi connectivity index (χ2n) is 7.88. The van der Waals surface area contributed by atoms with Crippen LogP contribution in [0, 0.1) is 0 Å². The van der Waals surface area contributed by atoms with Crippen LogP contribution in [0.3, 0.4) is 0 Å². The molecule has 1 aromatic rings. The van der Waals surface area contributed by atoms with Crippen molar-refractivity contribution in [3.05, 3.63) is 39.8 Å². The van der Waals surface area contributed by atoms with Crippen LogP contribution in [0.15, 0.2) is 23.3 Å². The summed E-state index contributed by atoms with van der Waals surface area (Å²) in [4.78, 5) is 45.4. The summed E-state index contributed by atoms with van der Waals surface area (Å²) in [6.07, 6.45) is 1.50. The molecule has 2 saturated heterocycles. The molecule has 0 saturated carbocycles. The lowest BCUT2D eigenvalue weighted by molar-refractivity contribution is -0.136. The number of nitrogens with zero attached hydrogens (tertiary/aromatic N) is 6. The molecule has 10 heteroatoms. The van der Waals surface area contributed by atoms with E-state index in [9.17, 15) is 14.4 Å². The van der Waals surface area contributed by atoms with E-state index in [0.717, 1.165) is 50.4 Å². The Balaban J connectivity index is 1.37. The fourth-order valence-corrected chi connectivity index (χ4v) is 4.40. The van der Waals surface area contributed by atoms with Crippen molar-refractivity contribution in [1.82, 2.24) is 15.1 Å². The maximum absolute atomic E-state index is 12.8. The van der Waals surface area contributed by atoms with Crippen LogP contribution in [0.2, 0.25) is 0 Å². The standard InChI is InChI=1S/C20H25N7O3/c21-24-22-6-1-7-25-8-10-26(11-9-25)15-2-3-16-14(12-15)13-27(20(16)30)17-4-5-18(28)23-19(17)29/h2-3,12,17H,1,4-11,13H2,(H,23,28,29). The minimum Gasteiger partial charge on any atom is -0.369 e. The van der Waals surface area contributed by atoms with Crippen LogP contribution in [0.25, 0.3) is 10.4 Å². The molecule has 3 heterocycles. The first-order chi connectivity index (χ1) is 14.6. The van der Waals surface area contributed by atoms with E-state index in [4.69, 9.17) is 5.53 Å². The molecule has 10 nitrogen and oxygen atoms in total. The first kappa shape index (κ1) is 20.2. The number of rotatable bonds is 6. The van der Waals surface area contributed by atoms with E-state index in [2.05, 4.69) is 31.2 Å². The highest BCUT2D eigenvalue weighted by molar-refractivity contribution is 6.05. The number of anilines is 1. The quantitative estimate of drug-likeness (QED) is 0.248. The highest BCUT2D eigenvalue weighted by Gasteiger charge is 2.39. The summed E-state index contributed by atoms with van der Waals surface area (Å²) in [5.74, 6) is -0.806. The smallest absolute Gasteiger partial charge is 0.255 e. The average molecular weight is 411 g/mol. The van der Waals surface area contributed by atoms with Gasteiger partial charge >= 0.3 is 0 Å². The number of piperazine rings is 1. The zero-order chi connectivity index (χ0) is 21.1. The monoisotopic (exact) mass is 411 g/mol. The summed E-state index contributed by atoms with van der Waals surface area (Å²) in [5, 5.41) is 5.91. The van der Waals surface area contributed by atoms with E-state index in [1.54, 1.807) is 4.90 Å². The van der Waals surface area contributed by atoms with Gasteiger partial charge < -0.3 is 9.80 Å². The molecule has 4 rings (SSSR count). The van der Waals surface area contributed by atoms with Crippen LogP contribution < -0.4 is 10.2 Å². The van der Waals surface area contributed by atoms with Gasteiger partial charge in [-0.15, -0.1) is 0 Å². The Morgan fingerprint density at radius 2 is 1.97 bits per heavy atom. The van der Waals surface area contributed by atoms with Crippen LogP contribution in [0.1, 0.15) is 35.2 Å². The van der Waals surface area contributed by atoms with Gasteiger partial charge in [0, 0.05) is 61.9 Å². The zero-order valence-corrected chi connectivity index (χ0v) is 16.8. The van der Waals surface area contributed by atoms with Crippen LogP contribution in [-0.2, 0) is 16.1 Å². The molecule has 0 spiro atoms. The summed E-state index contributed by atoms with van der Waals surface area (Å²) >= 11 is 0. The average Bonchev–Trinajstić information content (AvgIpc) is 3.07. The van der Waals surface area contributed by atoms with E-state index < -0.39 is 6.04 Å². The number of carbonyl (C=O) groups is 3. The van der Waals surface area contributed by atoms with Crippen LogP contribution in [0.4, 0.5) is 5.69 Å². The van der Waals surface area contributed by atoms with Gasteiger partial charge in [0.15, 0.2) is 0 Å². The van der Waals surface area contributed by atoms with Gasteiger partial charge in [0.05, 0.1) is 0 Å². The van der Waals surface area contributed by atoms with Crippen molar-refractivity contribution in [2.24, 2.45) is 5.11 Å². The summed E-state index contributed by atoms with van der Waals surface area (Å²) in [6.45, 7) is 5.51. The highest BCUT2D eigenvalue weighted by atomic mass is 16.2. The maximum Gasteiger partial charge on any atom is 0.255 e. The second-order valence-corrected chi connectivity index (χ2v) is 7.88. The third kappa shape index (κ3) is 4.10. The number of piperidine rings is 1. The number of hydrogen-bond donors (Lipinski definition) is 1. The summed E-state index contributed by atoms with van der Waals surface area (Å²) in [5.41, 5.74) is 11.0. The minimum absolute atomic E-state index is 0.143. The molecule has 1 atom stereocenters. The van der Waals surface area contributed by atoms with Crippen molar-refractivity contribution in [3.8, 4) is 0 Å². The van der Waals surface area contributed by atoms with Crippen LogP contribution >= 0.6 is 0 Å². The molecular weight excluding hydrogens is 386 g/mol. The third-order valence-corrected chi connectivity index (χ3v) is 6.04. The predicted octanol–water partition coefficient (Wildman–Crippen LogP) is 1.27. The number of nitrogens with one attached hydrogen (secondary N) is 1. The Kier molecular flexibility index (Phi) is 5.87. The largest absolute Gasteiger partial charge is 0.369 e. The Hall–Kier alpha value is -3.10. The van der Waals surface area contributed by atoms with Gasteiger partial charge in [-0.2, -0.15) is 0 Å². The number of imide groups is 1. The Morgan fingerprint density at radius 3 is 2.70 bits per heavy atom. The van der Waals surface area contributed by atoms with Gasteiger partial charge in [-0.05, 0) is 48.7 Å². The molecule has 2 fully saturated rings. The van der Waals surface area contributed by atoms with Crippen molar-refractivity contribution in [1.29, 1.82) is 0 Å². The molecule has 3 aliphatic heterocycles. The molecule has 158 valence electrons. The van der Waals surface area contributed by atoms with E-state index in [1.165, 1.54) is 0 Å². The number of fused-ring (bicyclic) bond motifs is 1. The molecule has 1 N–H and O–H groups in total. The fourth-order valence-electron chi connectivity index (χ4n) is 4.40. The third-order valence-electron chi connectivity index (χ3n) is 6.04. The molecule has 0 radical (unpaired) electrons. The predicted molar refractivity (Wildman–Crippen MR) is 110 cm³/mol. The lowest BCUT2D eigenvalue weighted by Gasteiger charge is -2.36. The summed E-state index contributed by atoms with van der Waals surface area (Å²) < 4.78 is 0. The molecule has 30 heavy (non-hydrogen) atoms. The van der Waals surface area contributed by atoms with E-state index in [1.807, 2.05) is 12.1 Å². The number of carbonyl (C=O) groups excluding carboxylic acids is 3. The van der Waals surface area contributed by atoms with Gasteiger partial charge in [-0.25, -0.2) is 0 Å². The van der Waals surface area contributed by atoms with E-state index in [0.29, 0.717) is 25.1 Å². The van der Waals surface area contributed by atoms with Crippen LogP contribution in [-0.4, -0.2) is 72.8 Å². The molecule has 0 aromatic heterocycles.